The Labute approximate surface area is 178 Å². The van der Waals surface area contributed by atoms with E-state index in [4.69, 9.17) is 16.9 Å². The van der Waals surface area contributed by atoms with E-state index >= 15 is 0 Å². The molecule has 0 atom stereocenters. The van der Waals surface area contributed by atoms with Crippen LogP contribution in [0.1, 0.15) is 11.1 Å². The van der Waals surface area contributed by atoms with Crippen molar-refractivity contribution in [2.45, 2.75) is 18.6 Å². The summed E-state index contributed by atoms with van der Waals surface area (Å²) in [5.74, 6) is 0.678. The van der Waals surface area contributed by atoms with Gasteiger partial charge in [0.05, 0.1) is 16.3 Å². The fourth-order valence-electron chi connectivity index (χ4n) is 2.70. The third-order valence-corrected chi connectivity index (χ3v) is 5.29. The van der Waals surface area contributed by atoms with Gasteiger partial charge >= 0.3 is 0 Å². The molecule has 0 unspecified atom stereocenters. The van der Waals surface area contributed by atoms with Crippen molar-refractivity contribution in [3.8, 4) is 17.5 Å². The number of carbonyl (C=O) groups excluding carboxylic acids is 1. The van der Waals surface area contributed by atoms with Crippen molar-refractivity contribution in [1.82, 2.24) is 14.8 Å². The number of aryl methyl sites for hydroxylation is 1. The van der Waals surface area contributed by atoms with Crippen LogP contribution in [0.15, 0.2) is 60.3 Å². The quantitative estimate of drug-likeness (QED) is 0.440. The van der Waals surface area contributed by atoms with Crippen LogP contribution in [0.2, 0.25) is 5.02 Å². The maximum absolute atomic E-state index is 12.3. The number of hydrogen-bond donors (Lipinski definition) is 1. The van der Waals surface area contributed by atoms with Crippen molar-refractivity contribution in [2.24, 2.45) is 0 Å². The number of thioether (sulfide) groups is 1. The van der Waals surface area contributed by atoms with E-state index in [-0.39, 0.29) is 11.7 Å². The van der Waals surface area contributed by atoms with Crippen LogP contribution in [0.5, 0.6) is 0 Å². The van der Waals surface area contributed by atoms with Gasteiger partial charge in [0.25, 0.3) is 0 Å². The van der Waals surface area contributed by atoms with Crippen LogP contribution in [0.25, 0.3) is 11.4 Å². The van der Waals surface area contributed by atoms with Gasteiger partial charge in [-0.05, 0) is 31.2 Å². The summed E-state index contributed by atoms with van der Waals surface area (Å²) < 4.78 is 1.93. The number of nitrogens with one attached hydrogen (secondary N) is 1. The van der Waals surface area contributed by atoms with Gasteiger partial charge in [-0.25, -0.2) is 0 Å². The standard InChI is InChI=1S/C21H18ClN5OS/c1-3-9-27-20(15-6-4-5-14(2)10-15)25-26-21(27)29-13-19(28)24-17-8-7-16(12-23)18(22)11-17/h3-8,10-11H,1,9,13H2,2H3,(H,24,28). The number of carbonyl (C=O) groups is 1. The molecule has 0 aliphatic carbocycles. The first kappa shape index (κ1) is 20.6. The number of benzene rings is 2. The number of hydrogen-bond acceptors (Lipinski definition) is 5. The molecule has 0 aliphatic heterocycles. The zero-order valence-electron chi connectivity index (χ0n) is 15.7. The highest BCUT2D eigenvalue weighted by molar-refractivity contribution is 7.99. The monoisotopic (exact) mass is 423 g/mol. The first-order valence-corrected chi connectivity index (χ1v) is 10.1. The van der Waals surface area contributed by atoms with Crippen molar-refractivity contribution in [1.29, 1.82) is 5.26 Å². The fraction of sp³-hybridized carbons (Fsp3) is 0.143. The largest absolute Gasteiger partial charge is 0.325 e. The van der Waals surface area contributed by atoms with Crippen molar-refractivity contribution >= 4 is 35.0 Å². The molecule has 1 heterocycles. The minimum atomic E-state index is -0.207. The highest BCUT2D eigenvalue weighted by Gasteiger charge is 2.15. The number of nitrogens with zero attached hydrogens (tertiary/aromatic N) is 4. The average molecular weight is 424 g/mol. The summed E-state index contributed by atoms with van der Waals surface area (Å²) in [6.07, 6.45) is 1.77. The van der Waals surface area contributed by atoms with Gasteiger partial charge < -0.3 is 5.32 Å². The van der Waals surface area contributed by atoms with E-state index in [2.05, 4.69) is 22.1 Å². The Balaban J connectivity index is 1.72. The third-order valence-electron chi connectivity index (χ3n) is 4.01. The summed E-state index contributed by atoms with van der Waals surface area (Å²) in [7, 11) is 0. The van der Waals surface area contributed by atoms with E-state index in [0.29, 0.717) is 28.0 Å². The van der Waals surface area contributed by atoms with Gasteiger partial charge in [0.1, 0.15) is 6.07 Å². The molecule has 0 radical (unpaired) electrons. The van der Waals surface area contributed by atoms with Gasteiger partial charge in [-0.2, -0.15) is 5.26 Å². The van der Waals surface area contributed by atoms with Crippen molar-refractivity contribution in [3.63, 3.8) is 0 Å². The molecule has 8 heteroatoms. The molecule has 1 N–H and O–H groups in total. The number of amides is 1. The van der Waals surface area contributed by atoms with Crippen molar-refractivity contribution < 1.29 is 4.79 Å². The van der Waals surface area contributed by atoms with Crippen LogP contribution >= 0.6 is 23.4 Å². The summed E-state index contributed by atoms with van der Waals surface area (Å²) >= 11 is 7.29. The molecular formula is C21H18ClN5OS. The number of allylic oxidation sites excluding steroid dienone is 1. The predicted octanol–water partition coefficient (Wildman–Crippen LogP) is 4.70. The van der Waals surface area contributed by atoms with Gasteiger partial charge in [-0.3, -0.25) is 9.36 Å². The predicted molar refractivity (Wildman–Crippen MR) is 116 cm³/mol. The second kappa shape index (κ2) is 9.41. The van der Waals surface area contributed by atoms with Crippen molar-refractivity contribution in [3.05, 3.63) is 71.3 Å². The van der Waals surface area contributed by atoms with Crippen LogP contribution in [0.3, 0.4) is 0 Å². The summed E-state index contributed by atoms with van der Waals surface area (Å²) in [4.78, 5) is 12.3. The molecule has 0 aliphatic rings. The van der Waals surface area contributed by atoms with Crippen molar-refractivity contribution in [2.75, 3.05) is 11.1 Å². The Morgan fingerprint density at radius 3 is 2.86 bits per heavy atom. The molecule has 0 saturated carbocycles. The molecule has 2 aromatic carbocycles. The minimum Gasteiger partial charge on any atom is -0.325 e. The van der Waals surface area contributed by atoms with Crippen LogP contribution in [-0.4, -0.2) is 26.4 Å². The maximum atomic E-state index is 12.3. The van der Waals surface area contributed by atoms with E-state index in [1.807, 2.05) is 41.8 Å². The van der Waals surface area contributed by atoms with Crippen LogP contribution < -0.4 is 5.32 Å². The number of aromatic nitrogens is 3. The lowest BCUT2D eigenvalue weighted by Gasteiger charge is -2.09. The van der Waals surface area contributed by atoms with E-state index in [1.54, 1.807) is 24.3 Å². The number of halogens is 1. The second-order valence-electron chi connectivity index (χ2n) is 6.22. The average Bonchev–Trinajstić information content (AvgIpc) is 3.09. The lowest BCUT2D eigenvalue weighted by molar-refractivity contribution is -0.113. The van der Waals surface area contributed by atoms with E-state index in [9.17, 15) is 4.79 Å². The highest BCUT2D eigenvalue weighted by atomic mass is 35.5. The smallest absolute Gasteiger partial charge is 0.234 e. The van der Waals surface area contributed by atoms with Gasteiger partial charge in [-0.15, -0.1) is 16.8 Å². The zero-order chi connectivity index (χ0) is 20.8. The van der Waals surface area contributed by atoms with E-state index in [0.717, 1.165) is 17.0 Å². The topological polar surface area (TPSA) is 83.6 Å². The lowest BCUT2D eigenvalue weighted by Crippen LogP contribution is -2.14. The molecule has 0 spiro atoms. The molecule has 6 nitrogen and oxygen atoms in total. The minimum absolute atomic E-state index is 0.153. The molecule has 29 heavy (non-hydrogen) atoms. The first-order valence-electron chi connectivity index (χ1n) is 8.75. The SMILES string of the molecule is C=CCn1c(SCC(=O)Nc2ccc(C#N)c(Cl)c2)nnc1-c1cccc(C)c1. The summed E-state index contributed by atoms with van der Waals surface area (Å²) in [6, 6.07) is 14.8. The number of rotatable bonds is 7. The Bertz CT molecular complexity index is 1100. The Morgan fingerprint density at radius 1 is 1.34 bits per heavy atom. The number of nitriles is 1. The Morgan fingerprint density at radius 2 is 2.17 bits per heavy atom. The fourth-order valence-corrected chi connectivity index (χ4v) is 3.67. The highest BCUT2D eigenvalue weighted by Crippen LogP contribution is 2.25. The van der Waals surface area contributed by atoms with Gasteiger partial charge in [0.2, 0.25) is 5.91 Å². The molecular weight excluding hydrogens is 406 g/mol. The van der Waals surface area contributed by atoms with Crippen LogP contribution in [-0.2, 0) is 11.3 Å². The molecule has 0 fully saturated rings. The molecule has 1 amide bonds. The third kappa shape index (κ3) is 5.05. The summed E-state index contributed by atoms with van der Waals surface area (Å²) in [5.41, 5.74) is 2.99. The Hall–Kier alpha value is -3.08. The zero-order valence-corrected chi connectivity index (χ0v) is 17.3. The van der Waals surface area contributed by atoms with Gasteiger partial charge in [0, 0.05) is 17.8 Å². The molecule has 0 bridgehead atoms. The second-order valence-corrected chi connectivity index (χ2v) is 7.57. The molecule has 1 aromatic heterocycles. The molecule has 3 rings (SSSR count). The van der Waals surface area contributed by atoms with E-state index < -0.39 is 0 Å². The van der Waals surface area contributed by atoms with E-state index in [1.165, 1.54) is 11.8 Å². The van der Waals surface area contributed by atoms with Gasteiger partial charge in [-0.1, -0.05) is 53.2 Å². The summed E-state index contributed by atoms with van der Waals surface area (Å²) in [5, 5.41) is 21.2. The number of anilines is 1. The van der Waals surface area contributed by atoms with Crippen LogP contribution in [0, 0.1) is 18.3 Å². The first-order chi connectivity index (χ1) is 14.0. The molecule has 0 saturated heterocycles. The maximum Gasteiger partial charge on any atom is 0.234 e. The Kier molecular flexibility index (Phi) is 6.70. The normalized spacial score (nSPS) is 10.4. The summed E-state index contributed by atoms with van der Waals surface area (Å²) in [6.45, 7) is 6.36. The molecule has 146 valence electrons. The lowest BCUT2D eigenvalue weighted by atomic mass is 10.1. The van der Waals surface area contributed by atoms with Crippen LogP contribution in [0.4, 0.5) is 5.69 Å². The molecule has 3 aromatic rings. The van der Waals surface area contributed by atoms with Gasteiger partial charge in [0.15, 0.2) is 11.0 Å².